The summed E-state index contributed by atoms with van der Waals surface area (Å²) in [5, 5.41) is 6.69. The van der Waals surface area contributed by atoms with E-state index in [0.29, 0.717) is 13.2 Å². The van der Waals surface area contributed by atoms with Crippen LogP contribution in [0.1, 0.15) is 11.3 Å². The van der Waals surface area contributed by atoms with Crippen LogP contribution in [-0.2, 0) is 13.0 Å². The average molecular weight is 284 g/mol. The molecule has 1 aromatic carbocycles. The third-order valence-electron chi connectivity index (χ3n) is 3.68. The lowest BCUT2D eigenvalue weighted by Crippen LogP contribution is -2.25. The van der Waals surface area contributed by atoms with Gasteiger partial charge in [0.2, 0.25) is 0 Å². The first-order valence-electron chi connectivity index (χ1n) is 7.10. The molecule has 0 radical (unpaired) electrons. The number of nitrogens with one attached hydrogen (secondary N) is 2. The molecule has 0 atom stereocenters. The molecule has 2 aliphatic rings. The number of nitrogens with zero attached hydrogens (tertiary/aromatic N) is 2. The Balaban J connectivity index is 1.64. The average Bonchev–Trinajstić information content (AvgIpc) is 2.55. The summed E-state index contributed by atoms with van der Waals surface area (Å²) in [6.45, 7) is 2.95. The van der Waals surface area contributed by atoms with Gasteiger partial charge in [0.15, 0.2) is 11.5 Å². The molecule has 0 aliphatic carbocycles. The maximum Gasteiger partial charge on any atom is 0.163 e. The number of anilines is 2. The van der Waals surface area contributed by atoms with E-state index in [4.69, 9.17) is 9.47 Å². The molecule has 2 N–H and O–H groups in total. The highest BCUT2D eigenvalue weighted by Crippen LogP contribution is 2.34. The Morgan fingerprint density at radius 3 is 2.95 bits per heavy atom. The quantitative estimate of drug-likeness (QED) is 0.874. The minimum atomic E-state index is 0.588. The Hall–Kier alpha value is -2.34. The van der Waals surface area contributed by atoms with E-state index in [1.165, 1.54) is 5.56 Å². The second-order valence-corrected chi connectivity index (χ2v) is 5.06. The minimum Gasteiger partial charge on any atom is -0.486 e. The molecule has 2 aliphatic heterocycles. The van der Waals surface area contributed by atoms with Gasteiger partial charge < -0.3 is 20.1 Å². The fourth-order valence-corrected chi connectivity index (χ4v) is 2.65. The maximum atomic E-state index is 5.61. The molecular weight excluding hydrogens is 268 g/mol. The van der Waals surface area contributed by atoms with Crippen LogP contribution in [0.3, 0.4) is 0 Å². The molecule has 6 heteroatoms. The molecular formula is C15H16N4O2. The number of rotatable bonds is 2. The molecule has 1 aromatic heterocycles. The van der Waals surface area contributed by atoms with Gasteiger partial charge in [-0.15, -0.1) is 0 Å². The highest BCUT2D eigenvalue weighted by atomic mass is 16.6. The Morgan fingerprint density at radius 2 is 2.00 bits per heavy atom. The second-order valence-electron chi connectivity index (χ2n) is 5.06. The first kappa shape index (κ1) is 12.4. The zero-order valence-corrected chi connectivity index (χ0v) is 11.6. The molecule has 0 saturated heterocycles. The van der Waals surface area contributed by atoms with Gasteiger partial charge in [-0.3, -0.25) is 0 Å². The molecule has 21 heavy (non-hydrogen) atoms. The van der Waals surface area contributed by atoms with Gasteiger partial charge in [0.1, 0.15) is 25.4 Å². The van der Waals surface area contributed by atoms with Crippen molar-refractivity contribution in [1.82, 2.24) is 15.3 Å². The largest absolute Gasteiger partial charge is 0.486 e. The van der Waals surface area contributed by atoms with Crippen LogP contribution in [0.25, 0.3) is 0 Å². The predicted molar refractivity (Wildman–Crippen MR) is 78.2 cm³/mol. The molecule has 0 spiro atoms. The molecule has 0 bridgehead atoms. The summed E-state index contributed by atoms with van der Waals surface area (Å²) in [5.74, 6) is 2.44. The third kappa shape index (κ3) is 2.38. The summed E-state index contributed by atoms with van der Waals surface area (Å²) >= 11 is 0. The van der Waals surface area contributed by atoms with Gasteiger partial charge in [-0.05, 0) is 25.1 Å². The topological polar surface area (TPSA) is 68.3 Å². The summed E-state index contributed by atoms with van der Waals surface area (Å²) in [4.78, 5) is 8.71. The SMILES string of the molecule is c1nc2c(c(Nc3ccc4c(c3)OCCO4)n1)CCNC2. The molecule has 3 heterocycles. The van der Waals surface area contributed by atoms with Gasteiger partial charge in [-0.2, -0.15) is 0 Å². The van der Waals surface area contributed by atoms with Gasteiger partial charge in [0.05, 0.1) is 5.69 Å². The van der Waals surface area contributed by atoms with Crippen LogP contribution in [0.15, 0.2) is 24.5 Å². The molecule has 6 nitrogen and oxygen atoms in total. The first-order chi connectivity index (χ1) is 10.4. The molecule has 108 valence electrons. The lowest BCUT2D eigenvalue weighted by atomic mass is 10.1. The lowest BCUT2D eigenvalue weighted by Gasteiger charge is -2.21. The van der Waals surface area contributed by atoms with E-state index in [1.807, 2.05) is 18.2 Å². The summed E-state index contributed by atoms with van der Waals surface area (Å²) in [6, 6.07) is 5.85. The zero-order valence-electron chi connectivity index (χ0n) is 11.6. The monoisotopic (exact) mass is 284 g/mol. The molecule has 0 fully saturated rings. The van der Waals surface area contributed by atoms with Gasteiger partial charge in [0.25, 0.3) is 0 Å². The van der Waals surface area contributed by atoms with Gasteiger partial charge in [0, 0.05) is 23.9 Å². The highest BCUT2D eigenvalue weighted by molar-refractivity contribution is 5.64. The molecule has 4 rings (SSSR count). The van der Waals surface area contributed by atoms with E-state index in [9.17, 15) is 0 Å². The minimum absolute atomic E-state index is 0.588. The van der Waals surface area contributed by atoms with Gasteiger partial charge >= 0.3 is 0 Å². The van der Waals surface area contributed by atoms with Gasteiger partial charge in [-0.25, -0.2) is 9.97 Å². The molecule has 0 amide bonds. The first-order valence-corrected chi connectivity index (χ1v) is 7.10. The van der Waals surface area contributed by atoms with E-state index in [2.05, 4.69) is 20.6 Å². The Morgan fingerprint density at radius 1 is 1.10 bits per heavy atom. The summed E-state index contributed by atoms with van der Waals surface area (Å²) in [7, 11) is 0. The maximum absolute atomic E-state index is 5.61. The van der Waals surface area contributed by atoms with E-state index in [1.54, 1.807) is 6.33 Å². The van der Waals surface area contributed by atoms with Crippen molar-refractivity contribution in [2.24, 2.45) is 0 Å². The van der Waals surface area contributed by atoms with Crippen molar-refractivity contribution in [2.75, 3.05) is 25.1 Å². The van der Waals surface area contributed by atoms with Crippen molar-refractivity contribution < 1.29 is 9.47 Å². The van der Waals surface area contributed by atoms with Crippen LogP contribution < -0.4 is 20.1 Å². The Kier molecular flexibility index (Phi) is 3.08. The lowest BCUT2D eigenvalue weighted by molar-refractivity contribution is 0.171. The van der Waals surface area contributed by atoms with Crippen molar-refractivity contribution in [3.05, 3.63) is 35.8 Å². The van der Waals surface area contributed by atoms with E-state index >= 15 is 0 Å². The van der Waals surface area contributed by atoms with Gasteiger partial charge in [-0.1, -0.05) is 0 Å². The number of hydrogen-bond donors (Lipinski definition) is 2. The number of aromatic nitrogens is 2. The number of fused-ring (bicyclic) bond motifs is 2. The molecule has 2 aromatic rings. The van der Waals surface area contributed by atoms with Crippen molar-refractivity contribution in [1.29, 1.82) is 0 Å². The predicted octanol–water partition coefficient (Wildman–Crippen LogP) is 1.64. The van der Waals surface area contributed by atoms with E-state index in [-0.39, 0.29) is 0 Å². The van der Waals surface area contributed by atoms with Crippen LogP contribution >= 0.6 is 0 Å². The molecule has 0 saturated carbocycles. The van der Waals surface area contributed by atoms with Crippen molar-refractivity contribution >= 4 is 11.5 Å². The molecule has 0 unspecified atom stereocenters. The number of hydrogen-bond acceptors (Lipinski definition) is 6. The summed E-state index contributed by atoms with van der Waals surface area (Å²) in [5.41, 5.74) is 3.20. The fraction of sp³-hybridized carbons (Fsp3) is 0.333. The summed E-state index contributed by atoms with van der Waals surface area (Å²) < 4.78 is 11.1. The second kappa shape index (κ2) is 5.21. The Labute approximate surface area is 122 Å². The van der Waals surface area contributed by atoms with Crippen LogP contribution in [0.4, 0.5) is 11.5 Å². The fourth-order valence-electron chi connectivity index (χ4n) is 2.65. The smallest absolute Gasteiger partial charge is 0.163 e. The summed E-state index contributed by atoms with van der Waals surface area (Å²) in [6.07, 6.45) is 2.54. The number of ether oxygens (including phenoxy) is 2. The third-order valence-corrected chi connectivity index (χ3v) is 3.68. The Bertz CT molecular complexity index is 675. The zero-order chi connectivity index (χ0) is 14.1. The van der Waals surface area contributed by atoms with Crippen LogP contribution in [-0.4, -0.2) is 29.7 Å². The normalized spacial score (nSPS) is 16.2. The standard InChI is InChI=1S/C15H16N4O2/c1-2-13-14(21-6-5-20-13)7-10(1)19-15-11-3-4-16-8-12(11)17-9-18-15/h1-2,7,9,16H,3-6,8H2,(H,17,18,19). The number of benzene rings is 1. The van der Waals surface area contributed by atoms with E-state index in [0.717, 1.165) is 48.2 Å². The van der Waals surface area contributed by atoms with Crippen LogP contribution in [0.5, 0.6) is 11.5 Å². The van der Waals surface area contributed by atoms with Crippen LogP contribution in [0, 0.1) is 0 Å². The highest BCUT2D eigenvalue weighted by Gasteiger charge is 2.16. The van der Waals surface area contributed by atoms with Crippen molar-refractivity contribution in [2.45, 2.75) is 13.0 Å². The van der Waals surface area contributed by atoms with Crippen molar-refractivity contribution in [3.8, 4) is 11.5 Å². The van der Waals surface area contributed by atoms with Crippen LogP contribution in [0.2, 0.25) is 0 Å². The van der Waals surface area contributed by atoms with Crippen molar-refractivity contribution in [3.63, 3.8) is 0 Å². The van der Waals surface area contributed by atoms with E-state index < -0.39 is 0 Å².